The molecule has 0 bridgehead atoms. The molecule has 0 N–H and O–H groups in total. The highest BCUT2D eigenvalue weighted by atomic mass is 19.1. The SMILES string of the molecule is CCOC(=O)C[C@H](CC(=O)C(CC(C)C)n1cc(CCN(C)C)c(C)c(F)c1=O)c1cc(-c2c(C)cc(F)cc2C)cc(C)c1F. The fraction of sp³-hybridized carbons (Fsp3) is 0.486. The van der Waals surface area contributed by atoms with Gasteiger partial charge in [-0.25, -0.2) is 13.2 Å². The first kappa shape index (κ1) is 36.7. The number of aromatic nitrogens is 1. The van der Waals surface area contributed by atoms with Crippen LogP contribution in [0.25, 0.3) is 11.1 Å². The van der Waals surface area contributed by atoms with E-state index in [1.807, 2.05) is 32.8 Å². The zero-order valence-electron chi connectivity index (χ0n) is 28.5. The standard InChI is InChI=1S/C37H47F3N2O4/c1-10-46-33(44)19-27(30-17-28(14-24(6)35(30)39)34-22(4)15-29(38)16-23(34)5)18-32(43)31(13-21(2)3)42-20-26(11-12-41(8)9)25(7)36(40)37(42)45/h14-17,20-21,27,31H,10-13,18-19H2,1-9H3/t27-,31?/m0/s1. The minimum absolute atomic E-state index is 0.0364. The van der Waals surface area contributed by atoms with E-state index in [0.717, 1.165) is 5.56 Å². The largest absolute Gasteiger partial charge is 0.466 e. The Morgan fingerprint density at radius 3 is 2.11 bits per heavy atom. The van der Waals surface area contributed by atoms with Crippen LogP contribution in [-0.2, 0) is 20.7 Å². The van der Waals surface area contributed by atoms with Gasteiger partial charge >= 0.3 is 5.97 Å². The molecule has 250 valence electrons. The van der Waals surface area contributed by atoms with Gasteiger partial charge in [0.2, 0.25) is 0 Å². The quantitative estimate of drug-likeness (QED) is 0.170. The second-order valence-corrected chi connectivity index (χ2v) is 13.0. The molecule has 0 aliphatic carbocycles. The number of aryl methyl sites for hydroxylation is 3. The van der Waals surface area contributed by atoms with E-state index >= 15 is 8.78 Å². The van der Waals surface area contributed by atoms with Crippen LogP contribution < -0.4 is 5.56 Å². The minimum atomic E-state index is -1.03. The summed E-state index contributed by atoms with van der Waals surface area (Å²) in [5.41, 5.74) is 3.12. The summed E-state index contributed by atoms with van der Waals surface area (Å²) in [4.78, 5) is 42.3. The Morgan fingerprint density at radius 2 is 1.54 bits per heavy atom. The molecule has 0 amide bonds. The van der Waals surface area contributed by atoms with Gasteiger partial charge in [0.05, 0.1) is 19.1 Å². The Balaban J connectivity index is 2.16. The Kier molecular flexibility index (Phi) is 12.6. The van der Waals surface area contributed by atoms with Gasteiger partial charge in [-0.05, 0) is 136 Å². The van der Waals surface area contributed by atoms with E-state index in [0.29, 0.717) is 40.8 Å². The summed E-state index contributed by atoms with van der Waals surface area (Å²) < 4.78 is 51.8. The fourth-order valence-corrected chi connectivity index (χ4v) is 6.11. The smallest absolute Gasteiger partial charge is 0.306 e. The molecule has 0 radical (unpaired) electrons. The maximum Gasteiger partial charge on any atom is 0.306 e. The van der Waals surface area contributed by atoms with Gasteiger partial charge in [0.15, 0.2) is 11.6 Å². The predicted molar refractivity (Wildman–Crippen MR) is 176 cm³/mol. The van der Waals surface area contributed by atoms with Crippen molar-refractivity contribution in [1.29, 1.82) is 0 Å². The van der Waals surface area contributed by atoms with Crippen molar-refractivity contribution in [3.8, 4) is 11.1 Å². The lowest BCUT2D eigenvalue weighted by Gasteiger charge is -2.26. The van der Waals surface area contributed by atoms with Crippen LogP contribution in [0.4, 0.5) is 13.2 Å². The molecule has 0 saturated heterocycles. The number of likely N-dealkylation sites (N-methyl/N-ethyl adjacent to an activating group) is 1. The monoisotopic (exact) mass is 640 g/mol. The zero-order chi connectivity index (χ0) is 34.5. The molecular formula is C37H47F3N2O4. The number of hydrogen-bond acceptors (Lipinski definition) is 5. The van der Waals surface area contributed by atoms with Gasteiger partial charge in [0.1, 0.15) is 11.6 Å². The molecule has 0 spiro atoms. The summed E-state index contributed by atoms with van der Waals surface area (Å²) in [6.07, 6.45) is 1.73. The maximum absolute atomic E-state index is 16.0. The third-order valence-electron chi connectivity index (χ3n) is 8.43. The molecule has 1 heterocycles. The van der Waals surface area contributed by atoms with Crippen molar-refractivity contribution in [1.82, 2.24) is 9.47 Å². The van der Waals surface area contributed by atoms with E-state index in [9.17, 15) is 18.8 Å². The number of esters is 1. The van der Waals surface area contributed by atoms with Crippen LogP contribution in [0.15, 0.2) is 35.3 Å². The zero-order valence-corrected chi connectivity index (χ0v) is 28.5. The number of benzene rings is 2. The van der Waals surface area contributed by atoms with Crippen LogP contribution in [-0.4, -0.2) is 48.5 Å². The first-order valence-corrected chi connectivity index (χ1v) is 15.9. The van der Waals surface area contributed by atoms with Crippen molar-refractivity contribution in [2.45, 2.75) is 86.1 Å². The number of halogens is 3. The Hall–Kier alpha value is -3.72. The van der Waals surface area contributed by atoms with Crippen molar-refractivity contribution < 1.29 is 27.5 Å². The van der Waals surface area contributed by atoms with Crippen molar-refractivity contribution in [3.05, 3.63) is 91.6 Å². The molecule has 3 aromatic rings. The third kappa shape index (κ3) is 8.75. The molecule has 2 aromatic carbocycles. The molecule has 0 fully saturated rings. The third-order valence-corrected chi connectivity index (χ3v) is 8.43. The Morgan fingerprint density at radius 1 is 0.913 bits per heavy atom. The fourth-order valence-electron chi connectivity index (χ4n) is 6.11. The van der Waals surface area contributed by atoms with Crippen LogP contribution in [0.1, 0.15) is 85.4 Å². The van der Waals surface area contributed by atoms with E-state index in [1.54, 1.807) is 52.9 Å². The van der Waals surface area contributed by atoms with E-state index in [-0.39, 0.29) is 48.7 Å². The molecule has 3 rings (SSSR count). The second-order valence-electron chi connectivity index (χ2n) is 13.0. The molecule has 9 heteroatoms. The Bertz CT molecular complexity index is 1620. The number of ketones is 1. The van der Waals surface area contributed by atoms with Gasteiger partial charge < -0.3 is 14.2 Å². The van der Waals surface area contributed by atoms with Crippen LogP contribution in [0.5, 0.6) is 0 Å². The highest BCUT2D eigenvalue weighted by molar-refractivity contribution is 5.84. The molecule has 1 aromatic heterocycles. The number of Topliss-reactive ketones (excluding diaryl/α,β-unsaturated/α-hetero) is 1. The second kappa shape index (κ2) is 15.7. The molecule has 6 nitrogen and oxygen atoms in total. The van der Waals surface area contributed by atoms with Crippen LogP contribution >= 0.6 is 0 Å². The van der Waals surface area contributed by atoms with Crippen molar-refractivity contribution in [2.75, 3.05) is 27.2 Å². The van der Waals surface area contributed by atoms with E-state index in [2.05, 4.69) is 0 Å². The lowest BCUT2D eigenvalue weighted by Crippen LogP contribution is -2.34. The predicted octanol–water partition coefficient (Wildman–Crippen LogP) is 7.55. The van der Waals surface area contributed by atoms with Gasteiger partial charge in [-0.3, -0.25) is 14.4 Å². The summed E-state index contributed by atoms with van der Waals surface area (Å²) in [5.74, 6) is -3.82. The van der Waals surface area contributed by atoms with Gasteiger partial charge in [0, 0.05) is 25.1 Å². The Labute approximate surface area is 270 Å². The van der Waals surface area contributed by atoms with Gasteiger partial charge in [-0.1, -0.05) is 13.8 Å². The maximum atomic E-state index is 16.0. The number of nitrogens with zero attached hydrogens (tertiary/aromatic N) is 2. The topological polar surface area (TPSA) is 68.6 Å². The van der Waals surface area contributed by atoms with E-state index < -0.39 is 40.9 Å². The highest BCUT2D eigenvalue weighted by Gasteiger charge is 2.31. The first-order valence-electron chi connectivity index (χ1n) is 15.9. The number of carbonyl (C=O) groups is 2. The summed E-state index contributed by atoms with van der Waals surface area (Å²) >= 11 is 0. The average Bonchev–Trinajstić information content (AvgIpc) is 2.95. The lowest BCUT2D eigenvalue weighted by molar-refractivity contribution is -0.143. The van der Waals surface area contributed by atoms with Gasteiger partial charge in [-0.2, -0.15) is 0 Å². The molecule has 0 aliphatic rings. The summed E-state index contributed by atoms with van der Waals surface area (Å²) in [5, 5.41) is 0. The van der Waals surface area contributed by atoms with Crippen molar-refractivity contribution >= 4 is 11.8 Å². The number of pyridine rings is 1. The van der Waals surface area contributed by atoms with Crippen LogP contribution in [0, 0.1) is 51.1 Å². The molecule has 46 heavy (non-hydrogen) atoms. The number of ether oxygens (including phenoxy) is 1. The minimum Gasteiger partial charge on any atom is -0.466 e. The van der Waals surface area contributed by atoms with E-state index in [4.69, 9.17) is 4.74 Å². The molecule has 0 aliphatic heterocycles. The number of rotatable bonds is 14. The molecule has 0 saturated carbocycles. The first-order chi connectivity index (χ1) is 21.5. The van der Waals surface area contributed by atoms with Crippen molar-refractivity contribution in [3.63, 3.8) is 0 Å². The normalized spacial score (nSPS) is 12.9. The highest BCUT2D eigenvalue weighted by Crippen LogP contribution is 2.37. The molecular weight excluding hydrogens is 593 g/mol. The summed E-state index contributed by atoms with van der Waals surface area (Å²) in [7, 11) is 3.79. The van der Waals surface area contributed by atoms with Crippen LogP contribution in [0.2, 0.25) is 0 Å². The van der Waals surface area contributed by atoms with Gasteiger partial charge in [0.25, 0.3) is 5.56 Å². The van der Waals surface area contributed by atoms with Gasteiger partial charge in [-0.15, -0.1) is 0 Å². The lowest BCUT2D eigenvalue weighted by atomic mass is 9.83. The number of hydrogen-bond donors (Lipinski definition) is 0. The average molecular weight is 641 g/mol. The van der Waals surface area contributed by atoms with E-state index in [1.165, 1.54) is 16.7 Å². The van der Waals surface area contributed by atoms with Crippen molar-refractivity contribution in [2.24, 2.45) is 5.92 Å². The number of carbonyl (C=O) groups excluding carboxylic acids is 2. The van der Waals surface area contributed by atoms with Crippen LogP contribution in [0.3, 0.4) is 0 Å². The summed E-state index contributed by atoms with van der Waals surface area (Å²) in [6, 6.07) is 5.06. The summed E-state index contributed by atoms with van der Waals surface area (Å²) in [6.45, 7) is 12.9. The molecule has 2 atom stereocenters. The molecule has 1 unspecified atom stereocenters.